The maximum absolute atomic E-state index is 14.1. The molecule has 3 heterocycles. The number of pyridine rings is 1. The lowest BCUT2D eigenvalue weighted by Crippen LogP contribution is -2.25. The number of nitrogens with one attached hydrogen (secondary N) is 3. The molecule has 0 fully saturated rings. The summed E-state index contributed by atoms with van der Waals surface area (Å²) in [6.07, 6.45) is 4.64. The number of anilines is 2. The van der Waals surface area contributed by atoms with E-state index in [4.69, 9.17) is 5.10 Å². The number of carbonyl (C=O) groups is 1. The Hall–Kier alpha value is -5.31. The van der Waals surface area contributed by atoms with Gasteiger partial charge in [0.25, 0.3) is 10.0 Å². The third-order valence-corrected chi connectivity index (χ3v) is 10.5. The molecule has 0 aliphatic rings. The van der Waals surface area contributed by atoms with Crippen LogP contribution in [0.3, 0.4) is 0 Å². The molecular formula is C35H35N7O5S2. The van der Waals surface area contributed by atoms with Crippen molar-refractivity contribution in [2.24, 2.45) is 0 Å². The van der Waals surface area contributed by atoms with Crippen molar-refractivity contribution >= 4 is 48.3 Å². The lowest BCUT2D eigenvalue weighted by molar-refractivity contribution is 0.262. The number of carbonyl (C=O) groups excluding carboxylic acids is 1. The number of amides is 2. The largest absolute Gasteiger partial charge is 0.323 e. The number of hydrogen-bond acceptors (Lipinski definition) is 8. The van der Waals surface area contributed by atoms with Crippen LogP contribution in [0.2, 0.25) is 0 Å². The quantitative estimate of drug-likeness (QED) is 0.140. The topological polar surface area (TPSA) is 157 Å². The first kappa shape index (κ1) is 33.6. The van der Waals surface area contributed by atoms with Crippen LogP contribution in [0.4, 0.5) is 16.2 Å². The number of aromatic nitrogens is 4. The molecule has 6 rings (SSSR count). The first-order valence-corrected chi connectivity index (χ1v) is 19.0. The Morgan fingerprint density at radius 2 is 1.47 bits per heavy atom. The minimum Gasteiger partial charge on any atom is -0.310 e. The molecule has 0 aliphatic carbocycles. The third kappa shape index (κ3) is 7.56. The second-order valence-corrected chi connectivity index (χ2v) is 15.4. The number of nitrogens with zero attached hydrogens (tertiary/aromatic N) is 4. The molecule has 6 aromatic rings. The van der Waals surface area contributed by atoms with Gasteiger partial charge in [-0.1, -0.05) is 48.5 Å². The number of fused-ring (bicyclic) bond motifs is 1. The predicted octanol–water partition coefficient (Wildman–Crippen LogP) is 5.60. The van der Waals surface area contributed by atoms with E-state index in [1.165, 1.54) is 16.1 Å². The summed E-state index contributed by atoms with van der Waals surface area (Å²) in [7, 11) is -7.29. The number of aryl methyl sites for hydroxylation is 1. The molecule has 3 aromatic heterocycles. The van der Waals surface area contributed by atoms with E-state index in [9.17, 15) is 21.6 Å². The van der Waals surface area contributed by atoms with Gasteiger partial charge in [0.1, 0.15) is 15.5 Å². The predicted molar refractivity (Wildman–Crippen MR) is 192 cm³/mol. The summed E-state index contributed by atoms with van der Waals surface area (Å²) >= 11 is 0. The first-order valence-electron chi connectivity index (χ1n) is 15.5. The van der Waals surface area contributed by atoms with Crippen LogP contribution in [-0.2, 0) is 33.0 Å². The number of benzene rings is 3. The summed E-state index contributed by atoms with van der Waals surface area (Å²) in [5.74, 6) is -0.0895. The van der Waals surface area contributed by atoms with E-state index in [1.54, 1.807) is 54.7 Å². The molecule has 0 spiro atoms. The lowest BCUT2D eigenvalue weighted by atomic mass is 10.00. The van der Waals surface area contributed by atoms with Crippen molar-refractivity contribution in [2.45, 2.75) is 24.9 Å². The van der Waals surface area contributed by atoms with E-state index < -0.39 is 19.9 Å². The van der Waals surface area contributed by atoms with Gasteiger partial charge >= 0.3 is 6.03 Å². The van der Waals surface area contributed by atoms with Crippen LogP contribution in [0.1, 0.15) is 12.6 Å². The summed E-state index contributed by atoms with van der Waals surface area (Å²) in [6.45, 7) is 2.81. The van der Waals surface area contributed by atoms with Crippen molar-refractivity contribution in [1.82, 2.24) is 24.1 Å². The van der Waals surface area contributed by atoms with Crippen molar-refractivity contribution < 1.29 is 21.6 Å². The van der Waals surface area contributed by atoms with Crippen LogP contribution in [0, 0.1) is 0 Å². The molecule has 49 heavy (non-hydrogen) atoms. The normalized spacial score (nSPS) is 11.9. The fourth-order valence-corrected chi connectivity index (χ4v) is 7.47. The number of hydrogen-bond donors (Lipinski definition) is 3. The summed E-state index contributed by atoms with van der Waals surface area (Å²) in [5.41, 5.74) is 4.86. The maximum atomic E-state index is 14.1. The van der Waals surface area contributed by atoms with Gasteiger partial charge < -0.3 is 16.0 Å². The Bertz CT molecular complexity index is 2320. The number of sulfone groups is 1. The molecule has 0 radical (unpaired) electrons. The Morgan fingerprint density at radius 3 is 2.12 bits per heavy atom. The molecule has 0 saturated heterocycles. The molecule has 252 valence electrons. The van der Waals surface area contributed by atoms with Gasteiger partial charge in [-0.2, -0.15) is 5.10 Å². The van der Waals surface area contributed by atoms with E-state index in [2.05, 4.69) is 20.9 Å². The lowest BCUT2D eigenvalue weighted by Gasteiger charge is -2.12. The van der Waals surface area contributed by atoms with Crippen LogP contribution in [-0.4, -0.2) is 60.2 Å². The molecular weight excluding hydrogens is 663 g/mol. The monoisotopic (exact) mass is 697 g/mol. The molecule has 0 saturated carbocycles. The fraction of sp³-hybridized carbons (Fsp3) is 0.171. The molecule has 14 heteroatoms. The molecule has 12 nitrogen and oxygen atoms in total. The highest BCUT2D eigenvalue weighted by molar-refractivity contribution is 7.90. The average Bonchev–Trinajstić information content (AvgIpc) is 3.70. The van der Waals surface area contributed by atoms with Crippen LogP contribution in [0.15, 0.2) is 114 Å². The summed E-state index contributed by atoms with van der Waals surface area (Å²) in [5, 5.41) is 14.2. The van der Waals surface area contributed by atoms with Gasteiger partial charge in [0, 0.05) is 66.2 Å². The first-order chi connectivity index (χ1) is 23.5. The zero-order valence-corrected chi connectivity index (χ0v) is 28.5. The van der Waals surface area contributed by atoms with Gasteiger partial charge in [0.2, 0.25) is 0 Å². The number of rotatable bonds is 12. The van der Waals surface area contributed by atoms with Gasteiger partial charge in [0.15, 0.2) is 5.65 Å². The van der Waals surface area contributed by atoms with Crippen LogP contribution in [0.5, 0.6) is 0 Å². The molecule has 0 bridgehead atoms. The molecule has 0 aliphatic heterocycles. The Balaban J connectivity index is 1.38. The van der Waals surface area contributed by atoms with Gasteiger partial charge in [-0.25, -0.2) is 30.6 Å². The van der Waals surface area contributed by atoms with Gasteiger partial charge in [0.05, 0.1) is 16.3 Å². The van der Waals surface area contributed by atoms with Gasteiger partial charge in [-0.15, -0.1) is 0 Å². The van der Waals surface area contributed by atoms with Crippen molar-refractivity contribution in [1.29, 1.82) is 0 Å². The maximum Gasteiger partial charge on any atom is 0.323 e. The highest BCUT2D eigenvalue weighted by atomic mass is 32.2. The van der Waals surface area contributed by atoms with Crippen molar-refractivity contribution in [3.63, 3.8) is 0 Å². The minimum atomic E-state index is -4.08. The molecule has 2 amide bonds. The smallest absolute Gasteiger partial charge is 0.310 e. The van der Waals surface area contributed by atoms with E-state index in [-0.39, 0.29) is 35.4 Å². The van der Waals surface area contributed by atoms with E-state index >= 15 is 0 Å². The average molecular weight is 698 g/mol. The highest BCUT2D eigenvalue weighted by Crippen LogP contribution is 2.37. The van der Waals surface area contributed by atoms with E-state index in [0.717, 1.165) is 22.9 Å². The van der Waals surface area contributed by atoms with Crippen molar-refractivity contribution in [3.05, 3.63) is 115 Å². The summed E-state index contributed by atoms with van der Waals surface area (Å²) < 4.78 is 54.6. The fourth-order valence-electron chi connectivity index (χ4n) is 5.45. The molecule has 0 unspecified atom stereocenters. The van der Waals surface area contributed by atoms with Gasteiger partial charge in [-0.3, -0.25) is 4.68 Å². The standard InChI is InChI=1S/C35H35N7O5S2/c1-3-41-24-32(33(40-41)25-14-16-27(17-15-25)39-35(43)38-26-10-6-4-7-11-26)30-18-19-37-34-31(30)22-28(23-36-20-21-48(2,44)45)42(34)49(46,47)29-12-8-5-9-13-29/h4-19,22,24,36H,3,20-21,23H2,1-2H3,(H2,38,39,43). The summed E-state index contributed by atoms with van der Waals surface area (Å²) in [6, 6.07) is 27.8. The minimum absolute atomic E-state index is 0.0881. The number of urea groups is 1. The molecule has 3 aromatic carbocycles. The third-order valence-electron chi connectivity index (χ3n) is 7.79. The van der Waals surface area contributed by atoms with Crippen LogP contribution < -0.4 is 16.0 Å². The van der Waals surface area contributed by atoms with Gasteiger partial charge in [-0.05, 0) is 61.0 Å². The second kappa shape index (κ2) is 14.0. The molecule has 3 N–H and O–H groups in total. The Labute approximate surface area is 284 Å². The highest BCUT2D eigenvalue weighted by Gasteiger charge is 2.26. The number of para-hydroxylation sites is 1. The van der Waals surface area contributed by atoms with Crippen molar-refractivity contribution in [3.8, 4) is 22.4 Å². The molecule has 0 atom stereocenters. The van der Waals surface area contributed by atoms with E-state index in [0.29, 0.717) is 34.7 Å². The summed E-state index contributed by atoms with van der Waals surface area (Å²) in [4.78, 5) is 17.2. The van der Waals surface area contributed by atoms with Crippen molar-refractivity contribution in [2.75, 3.05) is 29.2 Å². The zero-order chi connectivity index (χ0) is 34.6. The Morgan fingerprint density at radius 1 is 0.816 bits per heavy atom. The van der Waals surface area contributed by atoms with Crippen LogP contribution in [0.25, 0.3) is 33.4 Å². The van der Waals surface area contributed by atoms with Crippen LogP contribution >= 0.6 is 0 Å². The zero-order valence-electron chi connectivity index (χ0n) is 26.9. The SMILES string of the molecule is CCn1cc(-c2ccnc3c2cc(CNCCS(C)(=O)=O)n3S(=O)(=O)c2ccccc2)c(-c2ccc(NC(=O)Nc3ccccc3)cc2)n1. The Kier molecular flexibility index (Phi) is 9.62. The second-order valence-electron chi connectivity index (χ2n) is 11.4. The van der Waals surface area contributed by atoms with E-state index in [1.807, 2.05) is 54.2 Å².